The van der Waals surface area contributed by atoms with Crippen molar-refractivity contribution in [2.45, 2.75) is 38.8 Å². The highest BCUT2D eigenvalue weighted by Gasteiger charge is 2.12. The van der Waals surface area contributed by atoms with Crippen LogP contribution >= 0.6 is 15.9 Å². The molecule has 2 amide bonds. The Bertz CT molecular complexity index is 438. The zero-order chi connectivity index (χ0) is 15.1. The summed E-state index contributed by atoms with van der Waals surface area (Å²) in [5.41, 5.74) is 1.18. The molecule has 1 aromatic carbocycles. The van der Waals surface area contributed by atoms with E-state index in [0.717, 1.165) is 10.9 Å². The maximum absolute atomic E-state index is 11.9. The zero-order valence-corrected chi connectivity index (χ0v) is 13.9. The van der Waals surface area contributed by atoms with Gasteiger partial charge in [0.1, 0.15) is 0 Å². The van der Waals surface area contributed by atoms with Crippen molar-refractivity contribution in [3.8, 4) is 0 Å². The Kier molecular flexibility index (Phi) is 7.02. The van der Waals surface area contributed by atoms with Gasteiger partial charge in [-0.1, -0.05) is 28.1 Å². The van der Waals surface area contributed by atoms with Crippen molar-refractivity contribution in [2.75, 3.05) is 13.6 Å². The van der Waals surface area contributed by atoms with Gasteiger partial charge in [-0.05, 0) is 44.4 Å². The number of carbonyl (C=O) groups is 1. The van der Waals surface area contributed by atoms with Gasteiger partial charge in [0.05, 0.1) is 6.10 Å². The normalized spacial score (nSPS) is 13.7. The lowest BCUT2D eigenvalue weighted by Gasteiger charge is -2.22. The van der Waals surface area contributed by atoms with Gasteiger partial charge in [-0.15, -0.1) is 0 Å². The van der Waals surface area contributed by atoms with Crippen LogP contribution in [0, 0.1) is 0 Å². The lowest BCUT2D eigenvalue weighted by Crippen LogP contribution is -2.43. The van der Waals surface area contributed by atoms with Gasteiger partial charge in [0.15, 0.2) is 0 Å². The molecule has 0 bridgehead atoms. The summed E-state index contributed by atoms with van der Waals surface area (Å²) in [6.45, 7) is 4.26. The molecule has 0 radical (unpaired) electrons. The molecular weight excluding hydrogens is 320 g/mol. The second-order valence-electron chi connectivity index (χ2n) is 5.24. The van der Waals surface area contributed by atoms with Gasteiger partial charge in [-0.2, -0.15) is 0 Å². The number of benzene rings is 1. The molecule has 0 aromatic heterocycles. The Labute approximate surface area is 129 Å². The van der Waals surface area contributed by atoms with Crippen molar-refractivity contribution < 1.29 is 9.90 Å². The third-order valence-corrected chi connectivity index (χ3v) is 3.52. The molecule has 0 heterocycles. The average Bonchev–Trinajstić information content (AvgIpc) is 2.35. The number of nitrogens with zero attached hydrogens (tertiary/aromatic N) is 1. The van der Waals surface area contributed by atoms with E-state index in [9.17, 15) is 9.90 Å². The Balaban J connectivity index is 2.41. The minimum atomic E-state index is -0.385. The van der Waals surface area contributed by atoms with Crippen LogP contribution in [0.5, 0.6) is 0 Å². The fraction of sp³-hybridized carbons (Fsp3) is 0.533. The first kappa shape index (κ1) is 17.0. The molecule has 2 N–H and O–H groups in total. The first-order valence-corrected chi connectivity index (χ1v) is 7.62. The average molecular weight is 343 g/mol. The van der Waals surface area contributed by atoms with E-state index in [4.69, 9.17) is 0 Å². The van der Waals surface area contributed by atoms with Gasteiger partial charge in [-0.3, -0.25) is 0 Å². The molecule has 1 rings (SSSR count). The molecule has 0 aliphatic heterocycles. The number of hydrogen-bond donors (Lipinski definition) is 2. The van der Waals surface area contributed by atoms with E-state index in [1.54, 1.807) is 18.9 Å². The molecule has 0 saturated heterocycles. The van der Waals surface area contributed by atoms with Crippen LogP contribution in [0.4, 0.5) is 4.79 Å². The minimum absolute atomic E-state index is 0.0609. The van der Waals surface area contributed by atoms with Gasteiger partial charge < -0.3 is 15.3 Å². The Hall–Kier alpha value is -1.07. The summed E-state index contributed by atoms with van der Waals surface area (Å²) in [7, 11) is 1.74. The van der Waals surface area contributed by atoms with E-state index >= 15 is 0 Å². The number of amides is 2. The lowest BCUT2D eigenvalue weighted by molar-refractivity contribution is 0.162. The van der Waals surface area contributed by atoms with Crippen LogP contribution in [0.1, 0.15) is 25.8 Å². The molecule has 5 heteroatoms. The quantitative estimate of drug-likeness (QED) is 0.835. The Morgan fingerprint density at radius 2 is 2.15 bits per heavy atom. The molecule has 0 fully saturated rings. The summed E-state index contributed by atoms with van der Waals surface area (Å²) in [5, 5.41) is 12.2. The van der Waals surface area contributed by atoms with Crippen LogP contribution in [0.2, 0.25) is 0 Å². The second kappa shape index (κ2) is 8.27. The number of aliphatic hydroxyl groups excluding tert-OH is 1. The van der Waals surface area contributed by atoms with Gasteiger partial charge in [-0.25, -0.2) is 4.79 Å². The Morgan fingerprint density at radius 1 is 1.45 bits per heavy atom. The van der Waals surface area contributed by atoms with Crippen molar-refractivity contribution in [1.29, 1.82) is 0 Å². The van der Waals surface area contributed by atoms with Crippen LogP contribution < -0.4 is 5.32 Å². The summed E-state index contributed by atoms with van der Waals surface area (Å²) in [4.78, 5) is 13.5. The maximum Gasteiger partial charge on any atom is 0.317 e. The monoisotopic (exact) mass is 342 g/mol. The highest BCUT2D eigenvalue weighted by Crippen LogP contribution is 2.13. The zero-order valence-electron chi connectivity index (χ0n) is 12.3. The predicted molar refractivity (Wildman–Crippen MR) is 84.8 cm³/mol. The number of halogens is 1. The molecule has 0 saturated carbocycles. The molecule has 20 heavy (non-hydrogen) atoms. The van der Waals surface area contributed by atoms with Gasteiger partial charge in [0, 0.05) is 24.1 Å². The van der Waals surface area contributed by atoms with E-state index < -0.39 is 0 Å². The largest absolute Gasteiger partial charge is 0.393 e. The van der Waals surface area contributed by atoms with Crippen molar-refractivity contribution in [3.05, 3.63) is 34.3 Å². The minimum Gasteiger partial charge on any atom is -0.393 e. The number of urea groups is 1. The standard InChI is InChI=1S/C15H23BrN2O2/c1-11(9-13-5-4-6-14(16)10-13)17-15(20)18(3)8-7-12(2)19/h4-6,10-12,19H,7-9H2,1-3H3,(H,17,20). The van der Waals surface area contributed by atoms with E-state index in [1.165, 1.54) is 5.56 Å². The lowest BCUT2D eigenvalue weighted by atomic mass is 10.1. The number of aliphatic hydroxyl groups is 1. The number of hydrogen-bond acceptors (Lipinski definition) is 2. The predicted octanol–water partition coefficient (Wildman–Crippen LogP) is 2.79. The maximum atomic E-state index is 11.9. The Morgan fingerprint density at radius 3 is 2.75 bits per heavy atom. The van der Waals surface area contributed by atoms with E-state index in [1.807, 2.05) is 25.1 Å². The highest BCUT2D eigenvalue weighted by atomic mass is 79.9. The molecule has 0 aliphatic rings. The van der Waals surface area contributed by atoms with Crippen molar-refractivity contribution in [2.24, 2.45) is 0 Å². The van der Waals surface area contributed by atoms with Crippen LogP contribution in [-0.2, 0) is 6.42 Å². The summed E-state index contributed by atoms with van der Waals surface area (Å²) < 4.78 is 1.04. The van der Waals surface area contributed by atoms with Gasteiger partial charge in [0.2, 0.25) is 0 Å². The summed E-state index contributed by atoms with van der Waals surface area (Å²) in [6, 6.07) is 8.03. The number of nitrogens with one attached hydrogen (secondary N) is 1. The van der Waals surface area contributed by atoms with Gasteiger partial charge in [0.25, 0.3) is 0 Å². The summed E-state index contributed by atoms with van der Waals surface area (Å²) in [6.07, 6.45) is 0.989. The third kappa shape index (κ3) is 6.39. The third-order valence-electron chi connectivity index (χ3n) is 3.03. The smallest absolute Gasteiger partial charge is 0.317 e. The van der Waals surface area contributed by atoms with Gasteiger partial charge >= 0.3 is 6.03 Å². The molecule has 0 spiro atoms. The molecule has 2 atom stereocenters. The van der Waals surface area contributed by atoms with Crippen LogP contribution in [0.3, 0.4) is 0 Å². The van der Waals surface area contributed by atoms with Crippen LogP contribution in [0.15, 0.2) is 28.7 Å². The highest BCUT2D eigenvalue weighted by molar-refractivity contribution is 9.10. The van der Waals surface area contributed by atoms with E-state index in [2.05, 4.69) is 27.3 Å². The second-order valence-corrected chi connectivity index (χ2v) is 6.16. The van der Waals surface area contributed by atoms with Crippen molar-refractivity contribution >= 4 is 22.0 Å². The van der Waals surface area contributed by atoms with Crippen molar-refractivity contribution in [3.63, 3.8) is 0 Å². The van der Waals surface area contributed by atoms with Crippen molar-refractivity contribution in [1.82, 2.24) is 10.2 Å². The summed E-state index contributed by atoms with van der Waals surface area (Å²) >= 11 is 3.44. The fourth-order valence-corrected chi connectivity index (χ4v) is 2.32. The summed E-state index contributed by atoms with van der Waals surface area (Å²) in [5.74, 6) is 0. The molecule has 0 aliphatic carbocycles. The molecule has 112 valence electrons. The van der Waals surface area contributed by atoms with E-state index in [0.29, 0.717) is 13.0 Å². The molecule has 1 aromatic rings. The first-order chi connectivity index (χ1) is 9.38. The topological polar surface area (TPSA) is 52.6 Å². The van der Waals surface area contributed by atoms with Crippen LogP contribution in [0.25, 0.3) is 0 Å². The molecule has 2 unspecified atom stereocenters. The number of rotatable bonds is 6. The van der Waals surface area contributed by atoms with E-state index in [-0.39, 0.29) is 18.2 Å². The van der Waals surface area contributed by atoms with Crippen LogP contribution in [-0.4, -0.2) is 41.8 Å². The fourth-order valence-electron chi connectivity index (χ4n) is 1.87. The molecule has 4 nitrogen and oxygen atoms in total. The number of carbonyl (C=O) groups excluding carboxylic acids is 1. The first-order valence-electron chi connectivity index (χ1n) is 6.82. The molecular formula is C15H23BrN2O2. The SMILES string of the molecule is CC(O)CCN(C)C(=O)NC(C)Cc1cccc(Br)c1.